The van der Waals surface area contributed by atoms with Crippen molar-refractivity contribution < 1.29 is 0 Å². The SMILES string of the molecule is CCCNc1ncnc(Nc2ccccc2CC)c1Br. The number of para-hydroxylation sites is 1. The minimum Gasteiger partial charge on any atom is -0.369 e. The van der Waals surface area contributed by atoms with E-state index < -0.39 is 0 Å². The van der Waals surface area contributed by atoms with Crippen molar-refractivity contribution in [3.63, 3.8) is 0 Å². The molecular formula is C15H19BrN4. The third kappa shape index (κ3) is 3.48. The molecule has 1 aromatic heterocycles. The van der Waals surface area contributed by atoms with Crippen LogP contribution in [0.25, 0.3) is 0 Å². The monoisotopic (exact) mass is 334 g/mol. The van der Waals surface area contributed by atoms with E-state index >= 15 is 0 Å². The summed E-state index contributed by atoms with van der Waals surface area (Å²) in [6.07, 6.45) is 3.60. The highest BCUT2D eigenvalue weighted by Crippen LogP contribution is 2.30. The number of hydrogen-bond acceptors (Lipinski definition) is 4. The zero-order valence-electron chi connectivity index (χ0n) is 11.8. The van der Waals surface area contributed by atoms with Gasteiger partial charge in [0.05, 0.1) is 0 Å². The second kappa shape index (κ2) is 7.24. The van der Waals surface area contributed by atoms with Gasteiger partial charge in [0.2, 0.25) is 0 Å². The maximum atomic E-state index is 4.31. The summed E-state index contributed by atoms with van der Waals surface area (Å²) in [5.41, 5.74) is 2.34. The Morgan fingerprint density at radius 3 is 2.60 bits per heavy atom. The summed E-state index contributed by atoms with van der Waals surface area (Å²) in [7, 11) is 0. The van der Waals surface area contributed by atoms with Crippen molar-refractivity contribution in [1.82, 2.24) is 9.97 Å². The molecule has 0 saturated carbocycles. The van der Waals surface area contributed by atoms with Crippen LogP contribution in [0.4, 0.5) is 17.3 Å². The van der Waals surface area contributed by atoms with Gasteiger partial charge in [-0.05, 0) is 40.4 Å². The molecule has 5 heteroatoms. The smallest absolute Gasteiger partial charge is 0.150 e. The molecule has 0 aliphatic heterocycles. The fourth-order valence-electron chi connectivity index (χ4n) is 1.90. The van der Waals surface area contributed by atoms with E-state index in [1.807, 2.05) is 12.1 Å². The van der Waals surface area contributed by atoms with E-state index in [0.29, 0.717) is 0 Å². The second-order valence-electron chi connectivity index (χ2n) is 4.45. The predicted molar refractivity (Wildman–Crippen MR) is 87.6 cm³/mol. The highest BCUT2D eigenvalue weighted by molar-refractivity contribution is 9.10. The molecule has 0 saturated heterocycles. The maximum absolute atomic E-state index is 4.31. The van der Waals surface area contributed by atoms with E-state index in [1.54, 1.807) is 6.33 Å². The second-order valence-corrected chi connectivity index (χ2v) is 5.24. The zero-order chi connectivity index (χ0) is 14.4. The molecule has 0 bridgehead atoms. The van der Waals surface area contributed by atoms with Crippen molar-refractivity contribution in [2.45, 2.75) is 26.7 Å². The average Bonchev–Trinajstić information content (AvgIpc) is 2.48. The number of anilines is 3. The summed E-state index contributed by atoms with van der Waals surface area (Å²) in [6.45, 7) is 5.16. The average molecular weight is 335 g/mol. The Morgan fingerprint density at radius 2 is 1.85 bits per heavy atom. The van der Waals surface area contributed by atoms with Crippen LogP contribution in [0.1, 0.15) is 25.8 Å². The van der Waals surface area contributed by atoms with Crippen LogP contribution in [0.3, 0.4) is 0 Å². The first-order valence-corrected chi connectivity index (χ1v) is 7.64. The van der Waals surface area contributed by atoms with Gasteiger partial charge in [0.1, 0.15) is 22.4 Å². The first kappa shape index (κ1) is 14.8. The van der Waals surface area contributed by atoms with E-state index in [0.717, 1.165) is 41.2 Å². The number of aryl methyl sites for hydroxylation is 1. The topological polar surface area (TPSA) is 49.8 Å². The van der Waals surface area contributed by atoms with Gasteiger partial charge in [0.15, 0.2) is 0 Å². The fraction of sp³-hybridized carbons (Fsp3) is 0.333. The van der Waals surface area contributed by atoms with Gasteiger partial charge in [-0.25, -0.2) is 9.97 Å². The third-order valence-corrected chi connectivity index (χ3v) is 3.73. The van der Waals surface area contributed by atoms with E-state index in [9.17, 15) is 0 Å². The Kier molecular flexibility index (Phi) is 5.35. The minimum atomic E-state index is 0.777. The summed E-state index contributed by atoms with van der Waals surface area (Å²) < 4.78 is 0.861. The van der Waals surface area contributed by atoms with E-state index in [2.05, 4.69) is 62.5 Å². The lowest BCUT2D eigenvalue weighted by Gasteiger charge is -2.13. The number of hydrogen-bond donors (Lipinski definition) is 2. The van der Waals surface area contributed by atoms with Gasteiger partial charge in [0.25, 0.3) is 0 Å². The zero-order valence-corrected chi connectivity index (χ0v) is 13.4. The van der Waals surface area contributed by atoms with Crippen molar-refractivity contribution >= 4 is 33.3 Å². The van der Waals surface area contributed by atoms with Crippen LogP contribution in [0.5, 0.6) is 0 Å². The highest BCUT2D eigenvalue weighted by Gasteiger charge is 2.09. The van der Waals surface area contributed by atoms with Crippen LogP contribution < -0.4 is 10.6 Å². The van der Waals surface area contributed by atoms with Crippen molar-refractivity contribution in [2.75, 3.05) is 17.2 Å². The Balaban J connectivity index is 2.25. The summed E-state index contributed by atoms with van der Waals surface area (Å²) in [6, 6.07) is 8.25. The molecule has 2 aromatic rings. The van der Waals surface area contributed by atoms with Gasteiger partial charge in [-0.15, -0.1) is 0 Å². The first-order chi connectivity index (χ1) is 9.76. The molecule has 4 nitrogen and oxygen atoms in total. The molecule has 0 fully saturated rings. The molecule has 2 N–H and O–H groups in total. The molecule has 1 heterocycles. The van der Waals surface area contributed by atoms with Gasteiger partial charge in [-0.3, -0.25) is 0 Å². The molecule has 0 unspecified atom stereocenters. The largest absolute Gasteiger partial charge is 0.369 e. The van der Waals surface area contributed by atoms with Crippen molar-refractivity contribution in [1.29, 1.82) is 0 Å². The van der Waals surface area contributed by atoms with Gasteiger partial charge in [-0.2, -0.15) is 0 Å². The van der Waals surface area contributed by atoms with Crippen molar-refractivity contribution in [3.05, 3.63) is 40.6 Å². The number of halogens is 1. The van der Waals surface area contributed by atoms with E-state index in [1.165, 1.54) is 5.56 Å². The standard InChI is InChI=1S/C15H19BrN4/c1-3-9-17-14-13(16)15(19-10-18-14)20-12-8-6-5-7-11(12)4-2/h5-8,10H,3-4,9H2,1-2H3,(H2,17,18,19,20). The summed E-state index contributed by atoms with van der Waals surface area (Å²) in [4.78, 5) is 8.56. The van der Waals surface area contributed by atoms with Crippen LogP contribution in [0.2, 0.25) is 0 Å². The molecule has 106 valence electrons. The molecule has 0 spiro atoms. The van der Waals surface area contributed by atoms with E-state index in [4.69, 9.17) is 0 Å². The summed E-state index contributed by atoms with van der Waals surface area (Å²) >= 11 is 3.57. The fourth-order valence-corrected chi connectivity index (χ4v) is 2.35. The van der Waals surface area contributed by atoms with Crippen LogP contribution in [0.15, 0.2) is 35.1 Å². The molecule has 0 aliphatic rings. The molecule has 20 heavy (non-hydrogen) atoms. The lowest BCUT2D eigenvalue weighted by atomic mass is 10.1. The number of rotatable bonds is 6. The van der Waals surface area contributed by atoms with Crippen LogP contribution in [-0.4, -0.2) is 16.5 Å². The number of nitrogens with zero attached hydrogens (tertiary/aromatic N) is 2. The number of aromatic nitrogens is 2. The normalized spacial score (nSPS) is 10.3. The van der Waals surface area contributed by atoms with Gasteiger partial charge >= 0.3 is 0 Å². The molecule has 0 atom stereocenters. The van der Waals surface area contributed by atoms with E-state index in [-0.39, 0.29) is 0 Å². The van der Waals surface area contributed by atoms with Crippen LogP contribution in [0, 0.1) is 0 Å². The third-order valence-electron chi connectivity index (χ3n) is 2.98. The summed E-state index contributed by atoms with van der Waals surface area (Å²) in [5, 5.41) is 6.65. The van der Waals surface area contributed by atoms with Crippen molar-refractivity contribution in [2.24, 2.45) is 0 Å². The first-order valence-electron chi connectivity index (χ1n) is 6.85. The van der Waals surface area contributed by atoms with Crippen molar-refractivity contribution in [3.8, 4) is 0 Å². The minimum absolute atomic E-state index is 0.777. The Labute approximate surface area is 128 Å². The predicted octanol–water partition coefficient (Wildman–Crippen LogP) is 4.37. The number of benzene rings is 1. The molecule has 0 amide bonds. The Morgan fingerprint density at radius 1 is 1.10 bits per heavy atom. The summed E-state index contributed by atoms with van der Waals surface area (Å²) in [5.74, 6) is 1.60. The molecule has 0 radical (unpaired) electrons. The maximum Gasteiger partial charge on any atom is 0.150 e. The Bertz CT molecular complexity index is 572. The lowest BCUT2D eigenvalue weighted by molar-refractivity contribution is 0.962. The number of nitrogens with one attached hydrogen (secondary N) is 2. The van der Waals surface area contributed by atoms with Gasteiger partial charge in [-0.1, -0.05) is 32.0 Å². The highest BCUT2D eigenvalue weighted by atomic mass is 79.9. The lowest BCUT2D eigenvalue weighted by Crippen LogP contribution is -2.06. The van der Waals surface area contributed by atoms with Gasteiger partial charge < -0.3 is 10.6 Å². The Hall–Kier alpha value is -1.62. The van der Waals surface area contributed by atoms with Crippen LogP contribution >= 0.6 is 15.9 Å². The van der Waals surface area contributed by atoms with Crippen LogP contribution in [-0.2, 0) is 6.42 Å². The molecular weight excluding hydrogens is 316 g/mol. The quantitative estimate of drug-likeness (QED) is 0.823. The molecule has 2 rings (SSSR count). The molecule has 1 aromatic carbocycles. The molecule has 0 aliphatic carbocycles. The van der Waals surface area contributed by atoms with Gasteiger partial charge in [0, 0.05) is 12.2 Å².